The second kappa shape index (κ2) is 13.8. The van der Waals surface area contributed by atoms with Gasteiger partial charge in [-0.25, -0.2) is 0 Å². The van der Waals surface area contributed by atoms with Crippen LogP contribution in [0.2, 0.25) is 10.0 Å². The number of nitrogens with two attached hydrogens (primary N) is 1. The van der Waals surface area contributed by atoms with Crippen LogP contribution in [0.4, 0.5) is 5.69 Å². The van der Waals surface area contributed by atoms with Gasteiger partial charge in [-0.05, 0) is 37.3 Å². The Kier molecular flexibility index (Phi) is 10.5. The number of aromatic hydroxyl groups is 1. The number of aliphatic hydroxyl groups is 1. The van der Waals surface area contributed by atoms with E-state index < -0.39 is 42.4 Å². The first kappa shape index (κ1) is 30.5. The van der Waals surface area contributed by atoms with Crippen LogP contribution in [0.1, 0.15) is 45.7 Å². The summed E-state index contributed by atoms with van der Waals surface area (Å²) in [7, 11) is 0. The van der Waals surface area contributed by atoms with Crippen LogP contribution >= 0.6 is 23.2 Å². The average molecular weight is 595 g/mol. The van der Waals surface area contributed by atoms with Crippen LogP contribution in [0, 0.1) is 0 Å². The molecule has 0 radical (unpaired) electrons. The van der Waals surface area contributed by atoms with Crippen molar-refractivity contribution in [3.8, 4) is 5.75 Å². The molecule has 0 saturated heterocycles. The molecule has 2 aromatic rings. The molecule has 1 heterocycles. The minimum Gasteiger partial charge on any atom is -0.506 e. The first-order valence-electron chi connectivity index (χ1n) is 12.1. The number of carbonyl (C=O) groups excluding carboxylic acids is 4. The number of primary amides is 1. The van der Waals surface area contributed by atoms with Gasteiger partial charge in [0.15, 0.2) is 5.96 Å². The zero-order valence-electron chi connectivity index (χ0n) is 21.3. The molecule has 2 unspecified atom stereocenters. The molecule has 0 aliphatic carbocycles. The standard InChI is InChI=1S/C25H28Cl2N6O7/c1-2-40-21(36)8-19(17-6-14(26)7-18(27)22(17)37)33-20(35)11-29-24(39)13-3-12(23(28)38)4-15(5-13)32-25-30-9-16(34)10-31-25/h3-7,16,19,34,37H,2,8-11H2,1H3,(H2,28,38)(H,29,39)(H,33,35)(H2,30,31,32). The number of amides is 3. The van der Waals surface area contributed by atoms with E-state index in [1.54, 1.807) is 6.92 Å². The van der Waals surface area contributed by atoms with Crippen molar-refractivity contribution in [3.05, 3.63) is 57.1 Å². The third-order valence-corrected chi connectivity index (χ3v) is 6.07. The molecule has 40 heavy (non-hydrogen) atoms. The van der Waals surface area contributed by atoms with E-state index in [4.69, 9.17) is 33.7 Å². The Labute approximate surface area is 239 Å². The lowest BCUT2D eigenvalue weighted by Crippen LogP contribution is -2.42. The van der Waals surface area contributed by atoms with Gasteiger partial charge in [-0.15, -0.1) is 0 Å². The third kappa shape index (κ3) is 8.46. The monoisotopic (exact) mass is 594 g/mol. The zero-order chi connectivity index (χ0) is 29.4. The summed E-state index contributed by atoms with van der Waals surface area (Å²) in [5, 5.41) is 30.8. The number of aliphatic imine (C=N–C) groups is 1. The van der Waals surface area contributed by atoms with E-state index in [9.17, 15) is 29.4 Å². The van der Waals surface area contributed by atoms with Crippen LogP contribution in [0.25, 0.3) is 0 Å². The van der Waals surface area contributed by atoms with Crippen LogP contribution in [-0.2, 0) is 14.3 Å². The fourth-order valence-electron chi connectivity index (χ4n) is 3.71. The number of nitrogens with one attached hydrogen (secondary N) is 4. The Morgan fingerprint density at radius 1 is 1.18 bits per heavy atom. The molecule has 0 saturated carbocycles. The van der Waals surface area contributed by atoms with Gasteiger partial charge < -0.3 is 42.0 Å². The van der Waals surface area contributed by atoms with Crippen LogP contribution < -0.4 is 27.0 Å². The van der Waals surface area contributed by atoms with Crippen molar-refractivity contribution in [2.75, 3.05) is 31.6 Å². The van der Waals surface area contributed by atoms with E-state index in [2.05, 4.69) is 26.3 Å². The summed E-state index contributed by atoms with van der Waals surface area (Å²) in [4.78, 5) is 53.8. The maximum atomic E-state index is 12.9. The highest BCUT2D eigenvalue weighted by molar-refractivity contribution is 6.35. The van der Waals surface area contributed by atoms with Crippen molar-refractivity contribution in [1.29, 1.82) is 0 Å². The van der Waals surface area contributed by atoms with Crippen molar-refractivity contribution in [2.45, 2.75) is 25.5 Å². The lowest BCUT2D eigenvalue weighted by atomic mass is 10.0. The van der Waals surface area contributed by atoms with Crippen molar-refractivity contribution in [3.63, 3.8) is 0 Å². The fourth-order valence-corrected chi connectivity index (χ4v) is 4.22. The molecule has 0 bridgehead atoms. The number of aliphatic hydroxyl groups excluding tert-OH is 1. The number of hydrogen-bond donors (Lipinski definition) is 7. The summed E-state index contributed by atoms with van der Waals surface area (Å²) in [6, 6.07) is 5.68. The number of carbonyl (C=O) groups is 4. The van der Waals surface area contributed by atoms with Crippen LogP contribution in [0.5, 0.6) is 5.75 Å². The van der Waals surface area contributed by atoms with E-state index in [1.165, 1.54) is 30.3 Å². The topological polar surface area (TPSA) is 204 Å². The van der Waals surface area contributed by atoms with Gasteiger partial charge in [-0.1, -0.05) is 23.2 Å². The summed E-state index contributed by atoms with van der Waals surface area (Å²) in [6.07, 6.45) is -0.978. The third-order valence-electron chi connectivity index (χ3n) is 5.56. The number of benzene rings is 2. The molecule has 2 aromatic carbocycles. The molecule has 0 aromatic heterocycles. The van der Waals surface area contributed by atoms with E-state index in [-0.39, 0.29) is 58.6 Å². The Morgan fingerprint density at radius 2 is 1.90 bits per heavy atom. The van der Waals surface area contributed by atoms with E-state index in [0.717, 1.165) is 0 Å². The predicted octanol–water partition coefficient (Wildman–Crippen LogP) is 1.07. The molecular formula is C25H28Cl2N6O7. The second-order valence-corrected chi connectivity index (χ2v) is 9.49. The van der Waals surface area contributed by atoms with E-state index >= 15 is 0 Å². The van der Waals surface area contributed by atoms with E-state index in [1.807, 2.05) is 0 Å². The maximum Gasteiger partial charge on any atom is 0.308 e. The van der Waals surface area contributed by atoms with Gasteiger partial charge in [0.1, 0.15) is 5.75 Å². The molecule has 1 aliphatic rings. The molecule has 0 fully saturated rings. The molecule has 214 valence electrons. The Hall–Kier alpha value is -4.07. The Bertz CT molecular complexity index is 1340. The quantitative estimate of drug-likeness (QED) is 0.196. The van der Waals surface area contributed by atoms with E-state index in [0.29, 0.717) is 11.6 Å². The number of phenolic OH excluding ortho intramolecular Hbond substituents is 1. The number of nitrogens with zero attached hydrogens (tertiary/aromatic N) is 1. The van der Waals surface area contributed by atoms with Gasteiger partial charge in [-0.3, -0.25) is 24.2 Å². The van der Waals surface area contributed by atoms with Crippen molar-refractivity contribution >= 4 is 58.5 Å². The van der Waals surface area contributed by atoms with Crippen molar-refractivity contribution in [1.82, 2.24) is 16.0 Å². The smallest absolute Gasteiger partial charge is 0.308 e. The molecule has 3 rings (SSSR count). The first-order valence-corrected chi connectivity index (χ1v) is 12.8. The minimum absolute atomic E-state index is 0.0189. The van der Waals surface area contributed by atoms with Crippen molar-refractivity contribution in [2.24, 2.45) is 10.7 Å². The fraction of sp³-hybridized carbons (Fsp3) is 0.320. The van der Waals surface area contributed by atoms with Gasteiger partial charge in [0, 0.05) is 33.9 Å². The highest BCUT2D eigenvalue weighted by atomic mass is 35.5. The molecule has 15 heteroatoms. The molecular weight excluding hydrogens is 567 g/mol. The summed E-state index contributed by atoms with van der Waals surface area (Å²) >= 11 is 12.0. The minimum atomic E-state index is -1.07. The summed E-state index contributed by atoms with van der Waals surface area (Å²) < 4.78 is 4.96. The summed E-state index contributed by atoms with van der Waals surface area (Å²) in [6.45, 7) is 1.63. The van der Waals surface area contributed by atoms with Gasteiger partial charge in [0.05, 0.1) is 43.3 Å². The number of halogens is 2. The number of β-amino-alcohol motifs (C(OH)–C–C–N with tert-alkyl or cyclic N) is 1. The maximum absolute atomic E-state index is 12.9. The molecule has 8 N–H and O–H groups in total. The highest BCUT2D eigenvalue weighted by Crippen LogP contribution is 2.36. The van der Waals surface area contributed by atoms with Crippen LogP contribution in [0.15, 0.2) is 35.3 Å². The van der Waals surface area contributed by atoms with Gasteiger partial charge in [0.25, 0.3) is 5.91 Å². The number of ether oxygens (including phenoxy) is 1. The number of phenols is 1. The number of hydrogen-bond acceptors (Lipinski definition) is 10. The Balaban J connectivity index is 1.73. The molecule has 0 spiro atoms. The predicted molar refractivity (Wildman–Crippen MR) is 147 cm³/mol. The molecule has 13 nitrogen and oxygen atoms in total. The van der Waals surface area contributed by atoms with Gasteiger partial charge in [-0.2, -0.15) is 0 Å². The largest absolute Gasteiger partial charge is 0.506 e. The highest BCUT2D eigenvalue weighted by Gasteiger charge is 2.24. The number of esters is 1. The Morgan fingerprint density at radius 3 is 2.55 bits per heavy atom. The van der Waals surface area contributed by atoms with Crippen LogP contribution in [-0.4, -0.2) is 72.2 Å². The summed E-state index contributed by atoms with van der Waals surface area (Å²) in [5.74, 6) is -2.89. The number of guanidine groups is 1. The number of anilines is 1. The molecule has 1 aliphatic heterocycles. The molecule has 2 atom stereocenters. The normalized spacial score (nSPS) is 15.2. The van der Waals surface area contributed by atoms with Crippen LogP contribution in [0.3, 0.4) is 0 Å². The van der Waals surface area contributed by atoms with Gasteiger partial charge >= 0.3 is 5.97 Å². The average Bonchev–Trinajstić information content (AvgIpc) is 2.90. The lowest BCUT2D eigenvalue weighted by molar-refractivity contribution is -0.143. The zero-order valence-corrected chi connectivity index (χ0v) is 22.8. The molecule has 3 amide bonds. The SMILES string of the molecule is CCOC(=O)CC(NC(=O)CNC(=O)c1cc(NC2=NCC(O)CN2)cc(C(N)=O)c1)c1cc(Cl)cc(Cl)c1O. The lowest BCUT2D eigenvalue weighted by Gasteiger charge is -2.21. The second-order valence-electron chi connectivity index (χ2n) is 8.65. The summed E-state index contributed by atoms with van der Waals surface area (Å²) in [5.41, 5.74) is 5.86. The first-order chi connectivity index (χ1) is 19.0. The van der Waals surface area contributed by atoms with Crippen molar-refractivity contribution < 1.29 is 34.1 Å². The van der Waals surface area contributed by atoms with Gasteiger partial charge in [0.2, 0.25) is 11.8 Å². The number of rotatable bonds is 10.